The van der Waals surface area contributed by atoms with Gasteiger partial charge in [0.2, 0.25) is 6.33 Å². The second-order valence-electron chi connectivity index (χ2n) is 4.30. The molecule has 0 unspecified atom stereocenters. The van der Waals surface area contributed by atoms with Crippen LogP contribution in [0.25, 0.3) is 0 Å². The molecule has 1 aromatic heterocycles. The molecule has 0 aliphatic carbocycles. The average Bonchev–Trinajstić information content (AvgIpc) is 2.69. The van der Waals surface area contributed by atoms with Gasteiger partial charge in [-0.25, -0.2) is 9.13 Å². The van der Waals surface area contributed by atoms with E-state index in [9.17, 15) is 9.90 Å². The normalized spacial score (nSPS) is 10.4. The van der Waals surface area contributed by atoms with E-state index in [2.05, 4.69) is 5.32 Å². The third-order valence-corrected chi connectivity index (χ3v) is 2.58. The number of rotatable bonds is 3. The molecule has 0 aliphatic rings. The SMILES string of the molecule is C[n+]1ccn(CC(=O)Nc2c(N)cc(N)cc2O)c1. The maximum atomic E-state index is 11.8. The van der Waals surface area contributed by atoms with Gasteiger partial charge < -0.3 is 21.9 Å². The number of aryl methyl sites for hydroxylation is 1. The quantitative estimate of drug-likeness (QED) is 0.349. The lowest BCUT2D eigenvalue weighted by atomic mass is 10.2. The molecule has 1 amide bonds. The van der Waals surface area contributed by atoms with Crippen molar-refractivity contribution >= 4 is 23.0 Å². The van der Waals surface area contributed by atoms with Crippen LogP contribution in [0.5, 0.6) is 5.75 Å². The number of hydrogen-bond acceptors (Lipinski definition) is 4. The van der Waals surface area contributed by atoms with Crippen molar-refractivity contribution < 1.29 is 14.5 Å². The summed E-state index contributed by atoms with van der Waals surface area (Å²) in [5.74, 6) is -0.438. The van der Waals surface area contributed by atoms with Gasteiger partial charge in [0, 0.05) is 11.8 Å². The molecule has 0 aliphatic heterocycles. The van der Waals surface area contributed by atoms with Crippen LogP contribution in [-0.2, 0) is 18.4 Å². The summed E-state index contributed by atoms with van der Waals surface area (Å²) >= 11 is 0. The molecule has 0 radical (unpaired) electrons. The second-order valence-corrected chi connectivity index (χ2v) is 4.30. The Labute approximate surface area is 110 Å². The Balaban J connectivity index is 2.11. The minimum absolute atomic E-state index is 0.129. The van der Waals surface area contributed by atoms with E-state index in [0.717, 1.165) is 0 Å². The lowest BCUT2D eigenvalue weighted by molar-refractivity contribution is -0.671. The highest BCUT2D eigenvalue weighted by molar-refractivity contribution is 5.96. The first-order valence-corrected chi connectivity index (χ1v) is 5.64. The summed E-state index contributed by atoms with van der Waals surface area (Å²) in [6, 6.07) is 2.81. The molecular formula is C12H16N5O2+. The summed E-state index contributed by atoms with van der Waals surface area (Å²) < 4.78 is 3.53. The van der Waals surface area contributed by atoms with Gasteiger partial charge >= 0.3 is 0 Å². The number of nitrogens with two attached hydrogens (primary N) is 2. The molecule has 100 valence electrons. The van der Waals surface area contributed by atoms with Crippen LogP contribution in [0.1, 0.15) is 0 Å². The van der Waals surface area contributed by atoms with Crippen LogP contribution in [0.15, 0.2) is 30.9 Å². The van der Waals surface area contributed by atoms with Crippen molar-refractivity contribution in [2.45, 2.75) is 6.54 Å². The Bertz CT molecular complexity index is 597. The van der Waals surface area contributed by atoms with Gasteiger partial charge in [-0.3, -0.25) is 4.79 Å². The molecule has 0 saturated heterocycles. The number of phenolic OH excluding ortho intramolecular Hbond substituents is 1. The molecule has 2 aromatic rings. The van der Waals surface area contributed by atoms with Crippen LogP contribution in [0.2, 0.25) is 0 Å². The highest BCUT2D eigenvalue weighted by Gasteiger charge is 2.13. The first-order chi connectivity index (χ1) is 8.95. The van der Waals surface area contributed by atoms with Crippen molar-refractivity contribution in [1.82, 2.24) is 4.57 Å². The lowest BCUT2D eigenvalue weighted by Crippen LogP contribution is -2.25. The van der Waals surface area contributed by atoms with Gasteiger partial charge in [0.05, 0.1) is 12.7 Å². The molecule has 7 heteroatoms. The van der Waals surface area contributed by atoms with E-state index >= 15 is 0 Å². The van der Waals surface area contributed by atoms with E-state index < -0.39 is 0 Å². The van der Waals surface area contributed by atoms with Gasteiger partial charge in [0.1, 0.15) is 23.8 Å². The highest BCUT2D eigenvalue weighted by atomic mass is 16.3. The zero-order chi connectivity index (χ0) is 14.0. The van der Waals surface area contributed by atoms with Crippen LogP contribution in [0.4, 0.5) is 17.1 Å². The van der Waals surface area contributed by atoms with Crippen LogP contribution in [-0.4, -0.2) is 15.6 Å². The number of carbonyl (C=O) groups is 1. The fourth-order valence-corrected chi connectivity index (χ4v) is 1.75. The molecular weight excluding hydrogens is 246 g/mol. The largest absolute Gasteiger partial charge is 0.506 e. The Morgan fingerprint density at radius 3 is 2.79 bits per heavy atom. The number of anilines is 3. The van der Waals surface area contributed by atoms with E-state index in [1.54, 1.807) is 17.1 Å². The summed E-state index contributed by atoms with van der Waals surface area (Å²) in [6.45, 7) is 0.129. The third-order valence-electron chi connectivity index (χ3n) is 2.58. The minimum Gasteiger partial charge on any atom is -0.506 e. The van der Waals surface area contributed by atoms with Crippen molar-refractivity contribution in [3.05, 3.63) is 30.9 Å². The minimum atomic E-state index is -0.289. The standard InChI is InChI=1S/C12H15N5O2/c1-16-2-3-17(7-16)6-11(19)15-12-9(14)4-8(13)5-10(12)18/h2-5,7H,6,13-14H2,1H3,(H-,15,18,19)/p+1. The lowest BCUT2D eigenvalue weighted by Gasteiger charge is -2.10. The Hall–Kier alpha value is -2.70. The molecule has 6 N–H and O–H groups in total. The zero-order valence-corrected chi connectivity index (χ0v) is 10.5. The van der Waals surface area contributed by atoms with Gasteiger partial charge in [-0.05, 0) is 6.07 Å². The molecule has 0 spiro atoms. The highest BCUT2D eigenvalue weighted by Crippen LogP contribution is 2.32. The fraction of sp³-hybridized carbons (Fsp3) is 0.167. The van der Waals surface area contributed by atoms with Gasteiger partial charge in [-0.2, -0.15) is 0 Å². The molecule has 1 aromatic carbocycles. The monoisotopic (exact) mass is 262 g/mol. The van der Waals surface area contributed by atoms with E-state index in [-0.39, 0.29) is 29.6 Å². The van der Waals surface area contributed by atoms with E-state index in [1.807, 2.05) is 17.8 Å². The maximum absolute atomic E-state index is 11.8. The number of benzene rings is 1. The Morgan fingerprint density at radius 2 is 2.21 bits per heavy atom. The van der Waals surface area contributed by atoms with Gasteiger partial charge in [-0.15, -0.1) is 0 Å². The third kappa shape index (κ3) is 2.95. The van der Waals surface area contributed by atoms with Gasteiger partial charge in [0.25, 0.3) is 5.91 Å². The predicted molar refractivity (Wildman–Crippen MR) is 71.2 cm³/mol. The summed E-state index contributed by atoms with van der Waals surface area (Å²) in [5.41, 5.74) is 12.0. The smallest absolute Gasteiger partial charge is 0.266 e. The maximum Gasteiger partial charge on any atom is 0.266 e. The number of imidazole rings is 1. The van der Waals surface area contributed by atoms with Crippen LogP contribution >= 0.6 is 0 Å². The van der Waals surface area contributed by atoms with Crippen molar-refractivity contribution in [2.75, 3.05) is 16.8 Å². The summed E-state index contributed by atoms with van der Waals surface area (Å²) in [7, 11) is 1.86. The van der Waals surface area contributed by atoms with Gasteiger partial charge in [0.15, 0.2) is 6.54 Å². The number of nitrogen functional groups attached to an aromatic ring is 2. The molecule has 7 nitrogen and oxygen atoms in total. The second kappa shape index (κ2) is 4.89. The Morgan fingerprint density at radius 1 is 1.47 bits per heavy atom. The van der Waals surface area contributed by atoms with Crippen molar-refractivity contribution in [3.8, 4) is 5.75 Å². The topological polar surface area (TPSA) is 110 Å². The Kier molecular flexibility index (Phi) is 3.28. The molecule has 19 heavy (non-hydrogen) atoms. The first kappa shape index (κ1) is 12.7. The number of amides is 1. The van der Waals surface area contributed by atoms with E-state index in [0.29, 0.717) is 5.69 Å². The van der Waals surface area contributed by atoms with Crippen molar-refractivity contribution in [2.24, 2.45) is 7.05 Å². The molecule has 2 rings (SSSR count). The van der Waals surface area contributed by atoms with Crippen LogP contribution < -0.4 is 21.4 Å². The number of aromatic nitrogens is 2. The first-order valence-electron chi connectivity index (χ1n) is 5.64. The summed E-state index contributed by atoms with van der Waals surface area (Å²) in [5, 5.41) is 12.3. The fourth-order valence-electron chi connectivity index (χ4n) is 1.75. The molecule has 0 bridgehead atoms. The molecule has 0 atom stereocenters. The van der Waals surface area contributed by atoms with E-state index in [1.165, 1.54) is 12.1 Å². The number of hydrogen-bond donors (Lipinski definition) is 4. The van der Waals surface area contributed by atoms with Crippen LogP contribution in [0.3, 0.4) is 0 Å². The number of phenols is 1. The summed E-state index contributed by atoms with van der Waals surface area (Å²) in [4.78, 5) is 11.8. The van der Waals surface area contributed by atoms with Crippen LogP contribution in [0, 0.1) is 0 Å². The van der Waals surface area contributed by atoms with Crippen molar-refractivity contribution in [1.29, 1.82) is 0 Å². The van der Waals surface area contributed by atoms with E-state index in [4.69, 9.17) is 11.5 Å². The van der Waals surface area contributed by atoms with Crippen molar-refractivity contribution in [3.63, 3.8) is 0 Å². The van der Waals surface area contributed by atoms with Gasteiger partial charge in [-0.1, -0.05) is 0 Å². The zero-order valence-electron chi connectivity index (χ0n) is 10.5. The summed E-state index contributed by atoms with van der Waals surface area (Å²) in [6.07, 6.45) is 5.36. The molecule has 0 saturated carbocycles. The number of carbonyl (C=O) groups excluding carboxylic acids is 1. The number of nitrogens with zero attached hydrogens (tertiary/aromatic N) is 2. The average molecular weight is 262 g/mol. The number of nitrogens with one attached hydrogen (secondary N) is 1. The predicted octanol–water partition coefficient (Wildman–Crippen LogP) is -0.179. The molecule has 0 fully saturated rings. The molecule has 1 heterocycles. The number of aromatic hydroxyl groups is 1.